The Kier molecular flexibility index (Phi) is 39.7. The summed E-state index contributed by atoms with van der Waals surface area (Å²) in [7, 11) is -4.41. The van der Waals surface area contributed by atoms with E-state index in [1.807, 2.05) is 18.2 Å². The monoisotopic (exact) mass is 804 g/mol. The van der Waals surface area contributed by atoms with Crippen LogP contribution in [0.2, 0.25) is 0 Å². The molecule has 0 fully saturated rings. The summed E-state index contributed by atoms with van der Waals surface area (Å²) in [6.07, 6.45) is 52.2. The number of hydrogen-bond acceptors (Lipinski definition) is 8. The predicted octanol–water partition coefficient (Wildman–Crippen LogP) is 12.4. The Morgan fingerprint density at radius 1 is 0.554 bits per heavy atom. The Balaban J connectivity index is 4.34. The first-order valence-electron chi connectivity index (χ1n) is 21.6. The minimum absolute atomic E-state index is 0.0341. The van der Waals surface area contributed by atoms with E-state index < -0.39 is 32.5 Å². The summed E-state index contributed by atoms with van der Waals surface area (Å²) < 4.78 is 32.6. The number of hydrogen-bond donors (Lipinski definition) is 2. The van der Waals surface area contributed by atoms with Crippen LogP contribution in [0.5, 0.6) is 0 Å². The minimum Gasteiger partial charge on any atom is -0.462 e. The van der Waals surface area contributed by atoms with Gasteiger partial charge in [0.15, 0.2) is 6.10 Å². The highest BCUT2D eigenvalue weighted by molar-refractivity contribution is 7.47. The first kappa shape index (κ1) is 53.2. The molecule has 0 rings (SSSR count). The molecule has 0 aromatic carbocycles. The maximum absolute atomic E-state index is 12.5. The van der Waals surface area contributed by atoms with Crippen molar-refractivity contribution in [3.63, 3.8) is 0 Å². The van der Waals surface area contributed by atoms with Crippen LogP contribution in [-0.4, -0.2) is 49.3 Å². The number of allylic oxidation sites excluding steroid dienone is 14. The van der Waals surface area contributed by atoms with Gasteiger partial charge in [0.05, 0.1) is 13.2 Å². The molecule has 0 saturated carbocycles. The van der Waals surface area contributed by atoms with Crippen molar-refractivity contribution in [2.45, 2.75) is 168 Å². The molecule has 0 aliphatic heterocycles. The van der Waals surface area contributed by atoms with Gasteiger partial charge in [0.2, 0.25) is 0 Å². The summed E-state index contributed by atoms with van der Waals surface area (Å²) in [4.78, 5) is 34.8. The number of carbonyl (C=O) groups excluding carboxylic acids is 2. The van der Waals surface area contributed by atoms with E-state index in [1.165, 1.54) is 70.6 Å². The third-order valence-electron chi connectivity index (χ3n) is 8.54. The van der Waals surface area contributed by atoms with Crippen LogP contribution in [0, 0.1) is 0 Å². The number of phosphoric ester groups is 1. The second-order valence-corrected chi connectivity index (χ2v) is 15.3. The molecule has 0 spiro atoms. The zero-order chi connectivity index (χ0) is 41.1. The molecule has 9 nitrogen and oxygen atoms in total. The van der Waals surface area contributed by atoms with Crippen LogP contribution >= 0.6 is 7.82 Å². The Bertz CT molecular complexity index is 1190. The minimum atomic E-state index is -4.41. The first-order chi connectivity index (χ1) is 27.3. The summed E-state index contributed by atoms with van der Waals surface area (Å²) in [5.74, 6) is -0.990. The van der Waals surface area contributed by atoms with E-state index in [1.54, 1.807) is 0 Å². The van der Waals surface area contributed by atoms with E-state index in [-0.39, 0.29) is 32.6 Å². The average molecular weight is 804 g/mol. The van der Waals surface area contributed by atoms with Crippen LogP contribution in [0.25, 0.3) is 0 Å². The zero-order valence-electron chi connectivity index (χ0n) is 35.1. The number of esters is 2. The fraction of sp³-hybridized carbons (Fsp3) is 0.652. The normalized spacial score (nSPS) is 14.1. The van der Waals surface area contributed by atoms with Crippen molar-refractivity contribution in [2.24, 2.45) is 5.73 Å². The van der Waals surface area contributed by atoms with Crippen molar-refractivity contribution >= 4 is 19.8 Å². The van der Waals surface area contributed by atoms with Gasteiger partial charge in [-0.05, 0) is 64.2 Å². The zero-order valence-corrected chi connectivity index (χ0v) is 36.0. The smallest absolute Gasteiger partial charge is 0.462 e. The molecular weight excluding hydrogens is 725 g/mol. The number of nitrogens with two attached hydrogens (primary N) is 1. The van der Waals surface area contributed by atoms with Crippen LogP contribution in [0.1, 0.15) is 162 Å². The van der Waals surface area contributed by atoms with E-state index in [2.05, 4.69) is 80.7 Å². The second kappa shape index (κ2) is 41.8. The Morgan fingerprint density at radius 3 is 1.48 bits per heavy atom. The summed E-state index contributed by atoms with van der Waals surface area (Å²) in [5.41, 5.74) is 5.34. The van der Waals surface area contributed by atoms with Gasteiger partial charge in [-0.1, -0.05) is 170 Å². The van der Waals surface area contributed by atoms with E-state index >= 15 is 0 Å². The predicted molar refractivity (Wildman–Crippen MR) is 233 cm³/mol. The molecule has 10 heteroatoms. The lowest BCUT2D eigenvalue weighted by atomic mass is 10.0. The standard InChI is InChI=1S/C46H78NO8P/c1-3-5-7-9-11-13-15-17-19-21-22-23-25-27-29-31-33-35-37-39-46(49)55-44(43-54-56(50,51)53-41-40-47)42-52-45(48)38-36-34-32-30-28-26-24-20-18-16-14-12-10-8-6-4-2/h5,7,11,13,17,19,22-23,27,29,32-35,44H,3-4,6,8-10,12,14-16,18,20-21,24-26,28,30-31,36-43,47H2,1-2H3,(H,50,51)/b7-5-,13-11-,19-17-,23-22-,29-27-,34-32-,35-33-. The molecule has 56 heavy (non-hydrogen) atoms. The highest BCUT2D eigenvalue weighted by atomic mass is 31.2. The van der Waals surface area contributed by atoms with Crippen molar-refractivity contribution in [3.8, 4) is 0 Å². The van der Waals surface area contributed by atoms with E-state index in [0.717, 1.165) is 51.4 Å². The molecule has 0 heterocycles. The molecule has 0 aromatic rings. The lowest BCUT2D eigenvalue weighted by molar-refractivity contribution is -0.161. The molecular formula is C46H78NO8P. The molecule has 0 amide bonds. The Hall–Kier alpha value is -2.81. The maximum Gasteiger partial charge on any atom is 0.472 e. The van der Waals surface area contributed by atoms with Gasteiger partial charge in [-0.15, -0.1) is 0 Å². The molecule has 3 N–H and O–H groups in total. The second-order valence-electron chi connectivity index (χ2n) is 13.8. The number of unbranched alkanes of at least 4 members (excludes halogenated alkanes) is 12. The van der Waals surface area contributed by atoms with Crippen molar-refractivity contribution < 1.29 is 37.6 Å². The van der Waals surface area contributed by atoms with Gasteiger partial charge in [0.1, 0.15) is 6.61 Å². The highest BCUT2D eigenvalue weighted by Gasteiger charge is 2.25. The molecule has 320 valence electrons. The van der Waals surface area contributed by atoms with Crippen LogP contribution in [0.3, 0.4) is 0 Å². The van der Waals surface area contributed by atoms with E-state index in [9.17, 15) is 19.0 Å². The fourth-order valence-corrected chi connectivity index (χ4v) is 6.15. The summed E-state index contributed by atoms with van der Waals surface area (Å²) in [5, 5.41) is 0. The van der Waals surface area contributed by atoms with Gasteiger partial charge in [0, 0.05) is 19.4 Å². The summed E-state index contributed by atoms with van der Waals surface area (Å²) >= 11 is 0. The van der Waals surface area contributed by atoms with E-state index in [0.29, 0.717) is 12.8 Å². The SMILES string of the molecule is CC/C=C\C/C=C\C/C=C\C/C=C\C/C=C\C/C=C\CCC(=O)OC(COC(=O)CC/C=C\CCCCCCCCCCCCCC)COP(=O)(O)OCCN. The third kappa shape index (κ3) is 40.8. The van der Waals surface area contributed by atoms with Gasteiger partial charge in [-0.3, -0.25) is 18.6 Å². The van der Waals surface area contributed by atoms with Crippen LogP contribution in [-0.2, 0) is 32.7 Å². The van der Waals surface area contributed by atoms with Gasteiger partial charge in [-0.2, -0.15) is 0 Å². The first-order valence-corrected chi connectivity index (χ1v) is 23.1. The van der Waals surface area contributed by atoms with Gasteiger partial charge in [-0.25, -0.2) is 4.57 Å². The molecule has 2 atom stereocenters. The van der Waals surface area contributed by atoms with Crippen LogP contribution < -0.4 is 5.73 Å². The number of carbonyl (C=O) groups is 2. The largest absolute Gasteiger partial charge is 0.472 e. The lowest BCUT2D eigenvalue weighted by Crippen LogP contribution is -2.29. The Morgan fingerprint density at radius 2 is 0.982 bits per heavy atom. The lowest BCUT2D eigenvalue weighted by Gasteiger charge is -2.19. The average Bonchev–Trinajstić information content (AvgIpc) is 3.18. The van der Waals surface area contributed by atoms with Gasteiger partial charge < -0.3 is 20.1 Å². The number of rotatable bonds is 39. The topological polar surface area (TPSA) is 134 Å². The molecule has 0 saturated heterocycles. The third-order valence-corrected chi connectivity index (χ3v) is 9.53. The highest BCUT2D eigenvalue weighted by Crippen LogP contribution is 2.43. The molecule has 2 unspecified atom stereocenters. The number of ether oxygens (including phenoxy) is 2. The molecule has 0 bridgehead atoms. The molecule has 0 radical (unpaired) electrons. The molecule has 0 aromatic heterocycles. The quantitative estimate of drug-likeness (QED) is 0.0269. The molecule has 0 aliphatic rings. The fourth-order valence-electron chi connectivity index (χ4n) is 5.38. The van der Waals surface area contributed by atoms with Crippen molar-refractivity contribution in [3.05, 3.63) is 85.1 Å². The van der Waals surface area contributed by atoms with Crippen LogP contribution in [0.15, 0.2) is 85.1 Å². The van der Waals surface area contributed by atoms with E-state index in [4.69, 9.17) is 24.3 Å². The number of phosphoric acid groups is 1. The summed E-state index contributed by atoms with van der Waals surface area (Å²) in [6.45, 7) is 3.48. The van der Waals surface area contributed by atoms with Crippen molar-refractivity contribution in [1.29, 1.82) is 0 Å². The summed E-state index contributed by atoms with van der Waals surface area (Å²) in [6, 6.07) is 0. The van der Waals surface area contributed by atoms with Gasteiger partial charge in [0.25, 0.3) is 0 Å². The van der Waals surface area contributed by atoms with Crippen LogP contribution in [0.4, 0.5) is 0 Å². The van der Waals surface area contributed by atoms with Gasteiger partial charge >= 0.3 is 19.8 Å². The van der Waals surface area contributed by atoms with Crippen molar-refractivity contribution in [2.75, 3.05) is 26.4 Å². The molecule has 0 aliphatic carbocycles. The maximum atomic E-state index is 12.5. The Labute approximate surface area is 341 Å². The van der Waals surface area contributed by atoms with Crippen molar-refractivity contribution in [1.82, 2.24) is 0 Å².